The summed E-state index contributed by atoms with van der Waals surface area (Å²) in [4.78, 5) is 0. The topological polar surface area (TPSA) is 60.2 Å². The Labute approximate surface area is 105 Å². The van der Waals surface area contributed by atoms with Crippen LogP contribution in [-0.4, -0.2) is 30.0 Å². The minimum Gasteiger partial charge on any atom is -0.423 e. The Bertz CT molecular complexity index is 493. The van der Waals surface area contributed by atoms with Crippen molar-refractivity contribution < 1.29 is 9.15 Å². The van der Waals surface area contributed by atoms with E-state index in [0.717, 1.165) is 37.4 Å². The average molecular weight is 245 g/mol. The van der Waals surface area contributed by atoms with Gasteiger partial charge in [-0.3, -0.25) is 0 Å². The van der Waals surface area contributed by atoms with Gasteiger partial charge in [-0.15, -0.1) is 10.2 Å². The number of anilines is 1. The molecule has 0 radical (unpaired) electrons. The molecule has 1 N–H and O–H groups in total. The summed E-state index contributed by atoms with van der Waals surface area (Å²) in [6.45, 7) is 2.68. The van der Waals surface area contributed by atoms with Crippen LogP contribution in [0.1, 0.15) is 6.42 Å². The minimum absolute atomic E-state index is 0.544. The maximum Gasteiger partial charge on any atom is 0.247 e. The lowest BCUT2D eigenvalue weighted by molar-refractivity contribution is 0.187. The lowest BCUT2D eigenvalue weighted by Crippen LogP contribution is -2.13. The third-order valence-electron chi connectivity index (χ3n) is 3.09. The Morgan fingerprint density at radius 1 is 1.39 bits per heavy atom. The largest absolute Gasteiger partial charge is 0.423 e. The van der Waals surface area contributed by atoms with Crippen LogP contribution in [0.5, 0.6) is 0 Å². The maximum atomic E-state index is 5.35. The summed E-state index contributed by atoms with van der Waals surface area (Å²) in [5.41, 5.74) is 2.00. The zero-order chi connectivity index (χ0) is 12.2. The van der Waals surface area contributed by atoms with Crippen molar-refractivity contribution >= 4 is 5.69 Å². The van der Waals surface area contributed by atoms with Crippen molar-refractivity contribution in [3.05, 3.63) is 30.7 Å². The van der Waals surface area contributed by atoms with Crippen LogP contribution in [0.15, 0.2) is 35.1 Å². The second-order valence-corrected chi connectivity index (χ2v) is 4.44. The molecule has 94 valence electrons. The quantitative estimate of drug-likeness (QED) is 0.894. The van der Waals surface area contributed by atoms with Crippen LogP contribution in [0.25, 0.3) is 11.5 Å². The van der Waals surface area contributed by atoms with E-state index in [1.54, 1.807) is 0 Å². The molecule has 1 saturated heterocycles. The monoisotopic (exact) mass is 245 g/mol. The summed E-state index contributed by atoms with van der Waals surface area (Å²) in [7, 11) is 0. The highest BCUT2D eigenvalue weighted by Gasteiger charge is 2.15. The molecule has 0 amide bonds. The molecule has 18 heavy (non-hydrogen) atoms. The van der Waals surface area contributed by atoms with Gasteiger partial charge in [0.15, 0.2) is 0 Å². The van der Waals surface area contributed by atoms with Crippen molar-refractivity contribution in [2.24, 2.45) is 5.92 Å². The zero-order valence-corrected chi connectivity index (χ0v) is 10.0. The van der Waals surface area contributed by atoms with Gasteiger partial charge in [-0.05, 0) is 24.6 Å². The van der Waals surface area contributed by atoms with Crippen molar-refractivity contribution in [2.75, 3.05) is 25.1 Å². The standard InChI is InChI=1S/C13H15N3O2/c1-2-11(13-16-15-9-18-13)6-12(3-1)14-7-10-4-5-17-8-10/h1-3,6,9-10,14H,4-5,7-8H2. The molecule has 0 spiro atoms. The first-order valence-corrected chi connectivity index (χ1v) is 6.10. The van der Waals surface area contributed by atoms with Gasteiger partial charge in [-0.2, -0.15) is 0 Å². The SMILES string of the molecule is c1cc(NCC2CCOC2)cc(-c2nnco2)c1. The molecule has 5 heteroatoms. The van der Waals surface area contributed by atoms with Gasteiger partial charge in [0.25, 0.3) is 0 Å². The molecule has 3 rings (SSSR count). The molecule has 0 saturated carbocycles. The molecule has 1 fully saturated rings. The molecule has 0 aliphatic carbocycles. The predicted octanol–water partition coefficient (Wildman–Crippen LogP) is 2.18. The summed E-state index contributed by atoms with van der Waals surface area (Å²) in [6.07, 6.45) is 2.47. The number of benzene rings is 1. The first kappa shape index (κ1) is 11.2. The number of rotatable bonds is 4. The van der Waals surface area contributed by atoms with Crippen LogP contribution in [0, 0.1) is 5.92 Å². The van der Waals surface area contributed by atoms with Gasteiger partial charge in [0.1, 0.15) is 0 Å². The number of hydrogen-bond donors (Lipinski definition) is 1. The Balaban J connectivity index is 1.67. The molecule has 1 aliphatic heterocycles. The summed E-state index contributed by atoms with van der Waals surface area (Å²) < 4.78 is 10.5. The number of ether oxygens (including phenoxy) is 1. The number of nitrogens with one attached hydrogen (secondary N) is 1. The summed E-state index contributed by atoms with van der Waals surface area (Å²) in [6, 6.07) is 7.99. The highest BCUT2D eigenvalue weighted by atomic mass is 16.5. The van der Waals surface area contributed by atoms with Crippen molar-refractivity contribution in [1.29, 1.82) is 0 Å². The van der Waals surface area contributed by atoms with Crippen LogP contribution in [0.4, 0.5) is 5.69 Å². The summed E-state index contributed by atoms with van der Waals surface area (Å²) >= 11 is 0. The van der Waals surface area contributed by atoms with Crippen molar-refractivity contribution in [3.8, 4) is 11.5 Å². The van der Waals surface area contributed by atoms with Crippen molar-refractivity contribution in [2.45, 2.75) is 6.42 Å². The molecule has 1 aliphatic rings. The molecule has 1 aromatic carbocycles. The first-order chi connectivity index (χ1) is 8.92. The maximum absolute atomic E-state index is 5.35. The molecule has 1 atom stereocenters. The van der Waals surface area contributed by atoms with E-state index in [4.69, 9.17) is 9.15 Å². The van der Waals surface area contributed by atoms with Crippen LogP contribution in [0.2, 0.25) is 0 Å². The molecule has 0 bridgehead atoms. The number of nitrogens with zero attached hydrogens (tertiary/aromatic N) is 2. The van der Waals surface area contributed by atoms with Crippen molar-refractivity contribution in [1.82, 2.24) is 10.2 Å². The lowest BCUT2D eigenvalue weighted by atomic mass is 10.1. The highest BCUT2D eigenvalue weighted by Crippen LogP contribution is 2.21. The predicted molar refractivity (Wildman–Crippen MR) is 67.1 cm³/mol. The summed E-state index contributed by atoms with van der Waals surface area (Å²) in [5.74, 6) is 1.15. The van der Waals surface area contributed by atoms with Gasteiger partial charge in [0.2, 0.25) is 12.3 Å². The van der Waals surface area contributed by atoms with E-state index in [1.807, 2.05) is 24.3 Å². The molecule has 1 aromatic heterocycles. The first-order valence-electron chi connectivity index (χ1n) is 6.10. The van der Waals surface area contributed by atoms with Crippen LogP contribution >= 0.6 is 0 Å². The molecule has 2 aromatic rings. The van der Waals surface area contributed by atoms with E-state index in [2.05, 4.69) is 15.5 Å². The fourth-order valence-corrected chi connectivity index (χ4v) is 2.07. The average Bonchev–Trinajstić information content (AvgIpc) is 3.10. The Morgan fingerprint density at radius 3 is 3.17 bits per heavy atom. The van der Waals surface area contributed by atoms with Gasteiger partial charge >= 0.3 is 0 Å². The second-order valence-electron chi connectivity index (χ2n) is 4.44. The van der Waals surface area contributed by atoms with E-state index in [1.165, 1.54) is 6.39 Å². The fourth-order valence-electron chi connectivity index (χ4n) is 2.07. The van der Waals surface area contributed by atoms with Crippen molar-refractivity contribution in [3.63, 3.8) is 0 Å². The zero-order valence-electron chi connectivity index (χ0n) is 10.0. The highest BCUT2D eigenvalue weighted by molar-refractivity contribution is 5.60. The summed E-state index contributed by atoms with van der Waals surface area (Å²) in [5, 5.41) is 11.0. The van der Waals surface area contributed by atoms with Gasteiger partial charge in [0, 0.05) is 30.3 Å². The number of hydrogen-bond acceptors (Lipinski definition) is 5. The van der Waals surface area contributed by atoms with Crippen LogP contribution < -0.4 is 5.32 Å². The van der Waals surface area contributed by atoms with Crippen LogP contribution in [0.3, 0.4) is 0 Å². The van der Waals surface area contributed by atoms with E-state index in [9.17, 15) is 0 Å². The van der Waals surface area contributed by atoms with E-state index >= 15 is 0 Å². The third-order valence-corrected chi connectivity index (χ3v) is 3.09. The van der Waals surface area contributed by atoms with E-state index in [-0.39, 0.29) is 0 Å². The molecule has 5 nitrogen and oxygen atoms in total. The normalized spacial score (nSPS) is 19.0. The van der Waals surface area contributed by atoms with E-state index in [0.29, 0.717) is 11.8 Å². The van der Waals surface area contributed by atoms with E-state index < -0.39 is 0 Å². The molecular weight excluding hydrogens is 230 g/mol. The van der Waals surface area contributed by atoms with Gasteiger partial charge in [-0.25, -0.2) is 0 Å². The lowest BCUT2D eigenvalue weighted by Gasteiger charge is -2.11. The van der Waals surface area contributed by atoms with Gasteiger partial charge < -0.3 is 14.5 Å². The Kier molecular flexibility index (Phi) is 3.23. The van der Waals surface area contributed by atoms with Gasteiger partial charge in [0.05, 0.1) is 6.61 Å². The second kappa shape index (κ2) is 5.18. The molecular formula is C13H15N3O2. The molecule has 2 heterocycles. The minimum atomic E-state index is 0.544. The Hall–Kier alpha value is -1.88. The van der Waals surface area contributed by atoms with Crippen LogP contribution in [-0.2, 0) is 4.74 Å². The fraction of sp³-hybridized carbons (Fsp3) is 0.385. The van der Waals surface area contributed by atoms with Gasteiger partial charge in [-0.1, -0.05) is 6.07 Å². The third kappa shape index (κ3) is 2.51. The Morgan fingerprint density at radius 2 is 2.39 bits per heavy atom. The number of aromatic nitrogens is 2. The molecule has 1 unspecified atom stereocenters. The smallest absolute Gasteiger partial charge is 0.247 e.